The van der Waals surface area contributed by atoms with Crippen LogP contribution in [0, 0.1) is 5.82 Å². The Morgan fingerprint density at radius 1 is 1.25 bits per heavy atom. The summed E-state index contributed by atoms with van der Waals surface area (Å²) in [6.45, 7) is 0. The average Bonchev–Trinajstić information content (AvgIpc) is 2.48. The van der Waals surface area contributed by atoms with Crippen LogP contribution in [0.4, 0.5) is 4.39 Å². The van der Waals surface area contributed by atoms with Crippen LogP contribution in [0.3, 0.4) is 0 Å². The first-order chi connectivity index (χ1) is 9.69. The Kier molecular flexibility index (Phi) is 5.50. The Hall–Kier alpha value is -1.45. The van der Waals surface area contributed by atoms with Crippen LogP contribution >= 0.6 is 11.6 Å². The fraction of sp³-hybridized carbons (Fsp3) is 0.312. The van der Waals surface area contributed by atoms with E-state index in [1.165, 1.54) is 17.7 Å². The lowest BCUT2D eigenvalue weighted by atomic mass is 9.99. The lowest BCUT2D eigenvalue weighted by Gasteiger charge is -2.17. The van der Waals surface area contributed by atoms with Gasteiger partial charge < -0.3 is 5.32 Å². The van der Waals surface area contributed by atoms with Gasteiger partial charge >= 0.3 is 0 Å². The maximum Gasteiger partial charge on any atom is 0.123 e. The molecule has 2 nitrogen and oxygen atoms in total. The molecule has 2 rings (SSSR count). The molecule has 0 aliphatic heterocycles. The van der Waals surface area contributed by atoms with Gasteiger partial charge in [0.05, 0.1) is 0 Å². The highest BCUT2D eigenvalue weighted by Gasteiger charge is 2.11. The Labute approximate surface area is 124 Å². The van der Waals surface area contributed by atoms with E-state index >= 15 is 0 Å². The van der Waals surface area contributed by atoms with E-state index in [1.807, 2.05) is 19.2 Å². The summed E-state index contributed by atoms with van der Waals surface area (Å²) in [5.41, 5.74) is 2.10. The number of halogens is 2. The third kappa shape index (κ3) is 4.29. The fourth-order valence-electron chi connectivity index (χ4n) is 2.20. The van der Waals surface area contributed by atoms with Crippen LogP contribution in [0.25, 0.3) is 0 Å². The summed E-state index contributed by atoms with van der Waals surface area (Å²) < 4.78 is 13.3. The highest BCUT2D eigenvalue weighted by molar-refractivity contribution is 6.31. The zero-order chi connectivity index (χ0) is 14.4. The topological polar surface area (TPSA) is 24.9 Å². The molecule has 0 amide bonds. The first-order valence-corrected chi connectivity index (χ1v) is 7.07. The molecule has 4 heteroatoms. The van der Waals surface area contributed by atoms with Gasteiger partial charge in [-0.1, -0.05) is 11.6 Å². The van der Waals surface area contributed by atoms with E-state index in [1.54, 1.807) is 18.5 Å². The van der Waals surface area contributed by atoms with E-state index in [4.69, 9.17) is 11.6 Å². The van der Waals surface area contributed by atoms with Crippen molar-refractivity contribution in [2.45, 2.75) is 25.3 Å². The van der Waals surface area contributed by atoms with Crippen molar-refractivity contribution in [3.05, 3.63) is 64.7 Å². The number of nitrogens with zero attached hydrogens (tertiary/aromatic N) is 1. The maximum absolute atomic E-state index is 13.3. The molecule has 0 saturated carbocycles. The van der Waals surface area contributed by atoms with Crippen molar-refractivity contribution in [3.63, 3.8) is 0 Å². The predicted molar refractivity (Wildman–Crippen MR) is 80.5 cm³/mol. The monoisotopic (exact) mass is 292 g/mol. The minimum atomic E-state index is -0.242. The number of hydrogen-bond donors (Lipinski definition) is 1. The molecule has 1 N–H and O–H groups in total. The van der Waals surface area contributed by atoms with E-state index < -0.39 is 0 Å². The van der Waals surface area contributed by atoms with Crippen molar-refractivity contribution in [2.24, 2.45) is 0 Å². The van der Waals surface area contributed by atoms with Crippen molar-refractivity contribution >= 4 is 11.6 Å². The summed E-state index contributed by atoms with van der Waals surface area (Å²) in [6.07, 6.45) is 6.24. The van der Waals surface area contributed by atoms with E-state index in [2.05, 4.69) is 10.3 Å². The van der Waals surface area contributed by atoms with Gasteiger partial charge in [0.15, 0.2) is 0 Å². The number of rotatable bonds is 6. The van der Waals surface area contributed by atoms with Crippen molar-refractivity contribution in [3.8, 4) is 0 Å². The summed E-state index contributed by atoms with van der Waals surface area (Å²) in [6, 6.07) is 8.81. The number of hydrogen-bond acceptors (Lipinski definition) is 2. The number of benzene rings is 1. The second-order valence-electron chi connectivity index (χ2n) is 4.82. The molecular formula is C16H18ClFN2. The molecule has 0 spiro atoms. The molecule has 1 atom stereocenters. The summed E-state index contributed by atoms with van der Waals surface area (Å²) in [5, 5.41) is 3.89. The highest BCUT2D eigenvalue weighted by Crippen LogP contribution is 2.20. The second-order valence-corrected chi connectivity index (χ2v) is 5.23. The van der Waals surface area contributed by atoms with Crippen LogP contribution < -0.4 is 5.32 Å². The molecule has 0 saturated heterocycles. The minimum Gasteiger partial charge on any atom is -0.317 e. The van der Waals surface area contributed by atoms with Gasteiger partial charge in [0.2, 0.25) is 0 Å². The van der Waals surface area contributed by atoms with E-state index in [9.17, 15) is 4.39 Å². The molecule has 0 radical (unpaired) electrons. The predicted octanol–water partition coefficient (Wildman–Crippen LogP) is 3.64. The number of nitrogens with one attached hydrogen (secondary N) is 1. The minimum absolute atomic E-state index is 0.242. The van der Waals surface area contributed by atoms with Crippen molar-refractivity contribution in [2.75, 3.05) is 7.05 Å². The van der Waals surface area contributed by atoms with Crippen LogP contribution in [0.5, 0.6) is 0 Å². The molecule has 0 aliphatic rings. The molecular weight excluding hydrogens is 275 g/mol. The number of likely N-dealkylation sites (N-methyl/N-ethyl adjacent to an activating group) is 1. The van der Waals surface area contributed by atoms with Gasteiger partial charge in [-0.2, -0.15) is 0 Å². The van der Waals surface area contributed by atoms with Gasteiger partial charge in [-0.25, -0.2) is 4.39 Å². The second kappa shape index (κ2) is 7.36. The van der Waals surface area contributed by atoms with Gasteiger partial charge in [0.1, 0.15) is 5.82 Å². The third-order valence-electron chi connectivity index (χ3n) is 3.41. The Morgan fingerprint density at radius 2 is 2.00 bits per heavy atom. The van der Waals surface area contributed by atoms with Gasteiger partial charge in [-0.15, -0.1) is 0 Å². The smallest absolute Gasteiger partial charge is 0.123 e. The molecule has 1 aromatic heterocycles. The van der Waals surface area contributed by atoms with Gasteiger partial charge in [-0.3, -0.25) is 4.98 Å². The van der Waals surface area contributed by atoms with E-state index in [-0.39, 0.29) is 11.9 Å². The summed E-state index contributed by atoms with van der Waals surface area (Å²) in [7, 11) is 1.92. The molecule has 20 heavy (non-hydrogen) atoms. The molecule has 0 fully saturated rings. The zero-order valence-electron chi connectivity index (χ0n) is 11.4. The lowest BCUT2D eigenvalue weighted by Crippen LogP contribution is -2.28. The number of aryl methyl sites for hydroxylation is 1. The Balaban J connectivity index is 1.97. The van der Waals surface area contributed by atoms with Crippen LogP contribution in [0.15, 0.2) is 42.7 Å². The Morgan fingerprint density at radius 3 is 2.70 bits per heavy atom. The van der Waals surface area contributed by atoms with Crippen LogP contribution in [0.2, 0.25) is 5.02 Å². The first kappa shape index (κ1) is 14.9. The number of pyridine rings is 1. The molecule has 0 bridgehead atoms. The molecule has 1 heterocycles. The van der Waals surface area contributed by atoms with Gasteiger partial charge in [0.25, 0.3) is 0 Å². The highest BCUT2D eigenvalue weighted by atomic mass is 35.5. The fourth-order valence-corrected chi connectivity index (χ4v) is 2.40. The average molecular weight is 293 g/mol. The van der Waals surface area contributed by atoms with Gasteiger partial charge in [0, 0.05) is 23.5 Å². The molecule has 2 aromatic rings. The lowest BCUT2D eigenvalue weighted by molar-refractivity contribution is 0.518. The summed E-state index contributed by atoms with van der Waals surface area (Å²) in [5.74, 6) is -0.242. The standard InChI is InChI=1S/C16H18ClFN2/c1-19-15(4-2-12-6-8-20-9-7-12)11-13-10-14(18)3-5-16(13)17/h3,5-10,15,19H,2,4,11H2,1H3. The summed E-state index contributed by atoms with van der Waals surface area (Å²) in [4.78, 5) is 4.01. The van der Waals surface area contributed by atoms with E-state index in [0.717, 1.165) is 24.8 Å². The number of aromatic nitrogens is 1. The Bertz CT molecular complexity index is 545. The zero-order valence-corrected chi connectivity index (χ0v) is 12.2. The van der Waals surface area contributed by atoms with Crippen LogP contribution in [-0.2, 0) is 12.8 Å². The van der Waals surface area contributed by atoms with Crippen LogP contribution in [-0.4, -0.2) is 18.1 Å². The normalized spacial score (nSPS) is 12.3. The third-order valence-corrected chi connectivity index (χ3v) is 3.78. The molecule has 1 aromatic carbocycles. The molecule has 1 unspecified atom stereocenters. The van der Waals surface area contributed by atoms with Crippen molar-refractivity contribution < 1.29 is 4.39 Å². The van der Waals surface area contributed by atoms with Crippen molar-refractivity contribution in [1.29, 1.82) is 0 Å². The quantitative estimate of drug-likeness (QED) is 0.879. The first-order valence-electron chi connectivity index (χ1n) is 6.69. The molecule has 106 valence electrons. The maximum atomic E-state index is 13.3. The van der Waals surface area contributed by atoms with Crippen LogP contribution in [0.1, 0.15) is 17.5 Å². The summed E-state index contributed by atoms with van der Waals surface area (Å²) >= 11 is 6.11. The van der Waals surface area contributed by atoms with Gasteiger partial charge in [-0.05, 0) is 67.8 Å². The molecule has 0 aliphatic carbocycles. The largest absolute Gasteiger partial charge is 0.317 e. The van der Waals surface area contributed by atoms with E-state index in [0.29, 0.717) is 5.02 Å². The SMILES string of the molecule is CNC(CCc1ccncc1)Cc1cc(F)ccc1Cl. The van der Waals surface area contributed by atoms with Crippen molar-refractivity contribution in [1.82, 2.24) is 10.3 Å².